The van der Waals surface area contributed by atoms with E-state index >= 15 is 0 Å². The number of ether oxygens (including phenoxy) is 1. The third-order valence-electron chi connectivity index (χ3n) is 8.24. The number of amides is 3. The number of carbonyl (C=O) groups is 3. The summed E-state index contributed by atoms with van der Waals surface area (Å²) in [5.41, 5.74) is 0.560. The molecule has 1 aromatic rings. The molecule has 0 bridgehead atoms. The number of likely N-dealkylation sites (tertiary alicyclic amines) is 1. The van der Waals surface area contributed by atoms with Crippen LogP contribution in [-0.2, 0) is 20.9 Å². The first-order chi connectivity index (χ1) is 19.0. The molecule has 1 aromatic carbocycles. The lowest BCUT2D eigenvalue weighted by Gasteiger charge is -2.51. The number of alkyl carbamates (subject to hydrolysis) is 1. The zero-order chi connectivity index (χ0) is 29.2. The lowest BCUT2D eigenvalue weighted by atomic mass is 9.80. The first kappa shape index (κ1) is 31.9. The van der Waals surface area contributed by atoms with Crippen LogP contribution in [0.5, 0.6) is 0 Å². The van der Waals surface area contributed by atoms with Gasteiger partial charge in [0, 0.05) is 26.2 Å². The summed E-state index contributed by atoms with van der Waals surface area (Å²) in [6.07, 6.45) is 6.15. The van der Waals surface area contributed by atoms with Gasteiger partial charge in [-0.2, -0.15) is 0 Å². The molecular weight excluding hydrogens is 504 g/mol. The molecule has 0 radical (unpaired) electrons. The molecular formula is C32H52N4O4. The summed E-state index contributed by atoms with van der Waals surface area (Å²) in [5, 5.41) is 5.85. The maximum absolute atomic E-state index is 13.6. The Hall–Kier alpha value is -2.61. The molecule has 1 unspecified atom stereocenters. The van der Waals surface area contributed by atoms with E-state index < -0.39 is 17.7 Å². The number of carbonyl (C=O) groups excluding carboxylic acids is 3. The van der Waals surface area contributed by atoms with Gasteiger partial charge in [-0.15, -0.1) is 0 Å². The molecule has 8 heteroatoms. The Labute approximate surface area is 241 Å². The van der Waals surface area contributed by atoms with Crippen LogP contribution < -0.4 is 10.6 Å². The van der Waals surface area contributed by atoms with Crippen LogP contribution in [0.3, 0.4) is 0 Å². The van der Waals surface area contributed by atoms with Gasteiger partial charge < -0.3 is 25.2 Å². The largest absolute Gasteiger partial charge is 0.445 e. The molecule has 0 saturated carbocycles. The van der Waals surface area contributed by atoms with Crippen LogP contribution in [0.4, 0.5) is 4.79 Å². The Morgan fingerprint density at radius 2 is 1.82 bits per heavy atom. The van der Waals surface area contributed by atoms with Crippen LogP contribution in [0.1, 0.15) is 91.5 Å². The van der Waals surface area contributed by atoms with Gasteiger partial charge >= 0.3 is 6.09 Å². The Bertz CT molecular complexity index is 953. The quantitative estimate of drug-likeness (QED) is 0.329. The van der Waals surface area contributed by atoms with Gasteiger partial charge in [-0.25, -0.2) is 4.79 Å². The van der Waals surface area contributed by atoms with E-state index in [0.717, 1.165) is 44.5 Å². The number of hydrogen-bond acceptors (Lipinski definition) is 5. The number of piperidine rings is 1. The van der Waals surface area contributed by atoms with Crippen molar-refractivity contribution in [3.63, 3.8) is 0 Å². The molecule has 2 fully saturated rings. The molecule has 2 atom stereocenters. The van der Waals surface area contributed by atoms with Crippen molar-refractivity contribution in [3.8, 4) is 0 Å². The molecule has 40 heavy (non-hydrogen) atoms. The molecule has 8 nitrogen and oxygen atoms in total. The van der Waals surface area contributed by atoms with E-state index in [-0.39, 0.29) is 18.4 Å². The van der Waals surface area contributed by atoms with E-state index in [1.807, 2.05) is 35.2 Å². The van der Waals surface area contributed by atoms with E-state index in [0.29, 0.717) is 50.1 Å². The normalized spacial score (nSPS) is 20.3. The number of unbranched alkanes of at least 4 members (excludes halogenated alkanes) is 1. The number of benzene rings is 1. The lowest BCUT2D eigenvalue weighted by Crippen LogP contribution is -2.72. The third-order valence-corrected chi connectivity index (χ3v) is 8.24. The van der Waals surface area contributed by atoms with E-state index in [9.17, 15) is 14.4 Å². The number of nitrogens with zero attached hydrogens (tertiary/aromatic N) is 2. The van der Waals surface area contributed by atoms with Gasteiger partial charge in [0.1, 0.15) is 18.2 Å². The van der Waals surface area contributed by atoms with E-state index in [4.69, 9.17) is 4.74 Å². The number of rotatable bonds is 13. The SMILES string of the molecule is CCCN1C(=O)[C@H](CCCCNC(=O)OCc2ccccc2)NC(=O)C12CCN(CCC(C)CC(C)(C)C)CC2. The lowest BCUT2D eigenvalue weighted by molar-refractivity contribution is -0.161. The van der Waals surface area contributed by atoms with Crippen molar-refractivity contribution in [1.29, 1.82) is 0 Å². The van der Waals surface area contributed by atoms with Gasteiger partial charge in [0.05, 0.1) is 0 Å². The molecule has 0 aromatic heterocycles. The second kappa shape index (κ2) is 14.9. The van der Waals surface area contributed by atoms with Crippen LogP contribution in [0, 0.1) is 11.3 Å². The van der Waals surface area contributed by atoms with Crippen molar-refractivity contribution in [3.05, 3.63) is 35.9 Å². The maximum Gasteiger partial charge on any atom is 0.407 e. The summed E-state index contributed by atoms with van der Waals surface area (Å²) in [4.78, 5) is 43.4. The van der Waals surface area contributed by atoms with Crippen molar-refractivity contribution in [1.82, 2.24) is 20.4 Å². The smallest absolute Gasteiger partial charge is 0.407 e. The van der Waals surface area contributed by atoms with E-state index in [1.165, 1.54) is 6.42 Å². The molecule has 2 heterocycles. The van der Waals surface area contributed by atoms with Crippen molar-refractivity contribution >= 4 is 17.9 Å². The van der Waals surface area contributed by atoms with Crippen molar-refractivity contribution in [2.24, 2.45) is 11.3 Å². The second-order valence-electron chi connectivity index (χ2n) is 13.0. The Morgan fingerprint density at radius 1 is 1.12 bits per heavy atom. The van der Waals surface area contributed by atoms with Crippen LogP contribution in [0.25, 0.3) is 0 Å². The van der Waals surface area contributed by atoms with Gasteiger partial charge in [-0.1, -0.05) is 65.0 Å². The Morgan fingerprint density at radius 3 is 2.48 bits per heavy atom. The van der Waals surface area contributed by atoms with Gasteiger partial charge in [0.25, 0.3) is 0 Å². The van der Waals surface area contributed by atoms with Gasteiger partial charge in [0.2, 0.25) is 11.8 Å². The van der Waals surface area contributed by atoms with Crippen LogP contribution >= 0.6 is 0 Å². The summed E-state index contributed by atoms with van der Waals surface area (Å²) in [6, 6.07) is 9.06. The van der Waals surface area contributed by atoms with Gasteiger partial charge in [0.15, 0.2) is 0 Å². The zero-order valence-corrected chi connectivity index (χ0v) is 25.5. The molecule has 1 spiro atoms. The molecule has 2 saturated heterocycles. The minimum absolute atomic E-state index is 0.00825. The standard InChI is InChI=1S/C32H52N4O4/c1-6-19-36-28(37)27(14-10-11-18-33-30(39)40-24-26-12-8-7-9-13-26)34-29(38)32(36)16-21-35(22-17-32)20-15-25(2)23-31(3,4)5/h7-9,12-13,25,27H,6,10-11,14-24H2,1-5H3,(H,33,39)(H,34,38)/t25?,27-/m0/s1. The highest BCUT2D eigenvalue weighted by atomic mass is 16.5. The van der Waals surface area contributed by atoms with Gasteiger partial charge in [-0.3, -0.25) is 9.59 Å². The highest BCUT2D eigenvalue weighted by Gasteiger charge is 2.53. The predicted octanol–water partition coefficient (Wildman–Crippen LogP) is 5.12. The predicted molar refractivity (Wildman–Crippen MR) is 159 cm³/mol. The summed E-state index contributed by atoms with van der Waals surface area (Å²) < 4.78 is 5.24. The highest BCUT2D eigenvalue weighted by molar-refractivity contribution is 6.00. The molecule has 2 aliphatic rings. The zero-order valence-electron chi connectivity index (χ0n) is 25.5. The van der Waals surface area contributed by atoms with Crippen LogP contribution in [-0.4, -0.2) is 72.0 Å². The molecule has 2 aliphatic heterocycles. The third kappa shape index (κ3) is 9.22. The molecule has 3 amide bonds. The maximum atomic E-state index is 13.6. The average Bonchev–Trinajstić information content (AvgIpc) is 2.91. The van der Waals surface area contributed by atoms with Crippen molar-refractivity contribution in [2.75, 3.05) is 32.7 Å². The fraction of sp³-hybridized carbons (Fsp3) is 0.719. The number of hydrogen-bond donors (Lipinski definition) is 2. The molecule has 2 N–H and O–H groups in total. The average molecular weight is 557 g/mol. The highest BCUT2D eigenvalue weighted by Crippen LogP contribution is 2.34. The van der Waals surface area contributed by atoms with Crippen molar-refractivity contribution in [2.45, 2.75) is 104 Å². The Balaban J connectivity index is 1.42. The Kier molecular flexibility index (Phi) is 11.9. The van der Waals surface area contributed by atoms with E-state index in [1.54, 1.807) is 0 Å². The first-order valence-electron chi connectivity index (χ1n) is 15.3. The van der Waals surface area contributed by atoms with Crippen molar-refractivity contribution < 1.29 is 19.1 Å². The molecule has 3 rings (SSSR count). The van der Waals surface area contributed by atoms with Crippen LogP contribution in [0.15, 0.2) is 30.3 Å². The summed E-state index contributed by atoms with van der Waals surface area (Å²) in [6.45, 7) is 15.3. The molecule has 0 aliphatic carbocycles. The van der Waals surface area contributed by atoms with E-state index in [2.05, 4.69) is 50.2 Å². The fourth-order valence-corrected chi connectivity index (χ4v) is 6.25. The minimum atomic E-state index is -0.721. The minimum Gasteiger partial charge on any atom is -0.445 e. The molecule has 224 valence electrons. The number of piperazine rings is 1. The topological polar surface area (TPSA) is 91.0 Å². The number of nitrogens with one attached hydrogen (secondary N) is 2. The summed E-state index contributed by atoms with van der Waals surface area (Å²) >= 11 is 0. The fourth-order valence-electron chi connectivity index (χ4n) is 6.25. The summed E-state index contributed by atoms with van der Waals surface area (Å²) in [5.74, 6) is 0.723. The van der Waals surface area contributed by atoms with Crippen LogP contribution in [0.2, 0.25) is 0 Å². The second-order valence-corrected chi connectivity index (χ2v) is 13.0. The van der Waals surface area contributed by atoms with Gasteiger partial charge in [-0.05, 0) is 74.8 Å². The summed E-state index contributed by atoms with van der Waals surface area (Å²) in [7, 11) is 0. The monoisotopic (exact) mass is 556 g/mol. The first-order valence-corrected chi connectivity index (χ1v) is 15.3.